The Balaban J connectivity index is 2.28. The topological polar surface area (TPSA) is 70.7 Å². The molecule has 2 amide bonds. The summed E-state index contributed by atoms with van der Waals surface area (Å²) in [5, 5.41) is 7.62. The van der Waals surface area contributed by atoms with Crippen LogP contribution < -0.4 is 10.6 Å². The second-order valence-corrected chi connectivity index (χ2v) is 6.74. The van der Waals surface area contributed by atoms with Crippen molar-refractivity contribution >= 4 is 23.3 Å². The van der Waals surface area contributed by atoms with E-state index < -0.39 is 0 Å². The van der Waals surface area contributed by atoms with Crippen LogP contribution in [0.4, 0.5) is 4.79 Å². The van der Waals surface area contributed by atoms with Crippen molar-refractivity contribution in [1.82, 2.24) is 15.5 Å². The Hall–Kier alpha value is -2.12. The third-order valence-electron chi connectivity index (χ3n) is 3.88. The van der Waals surface area contributed by atoms with Crippen LogP contribution in [0.15, 0.2) is 41.4 Å². The zero-order valence-corrected chi connectivity index (χ0v) is 15.5. The minimum Gasteiger partial charge on any atom is -0.463 e. The molecule has 1 atom stereocenters. The van der Waals surface area contributed by atoms with E-state index in [1.807, 2.05) is 24.4 Å². The number of urea groups is 1. The van der Waals surface area contributed by atoms with E-state index >= 15 is 0 Å². The second-order valence-electron chi connectivity index (χ2n) is 5.71. The fraction of sp³-hybridized carbons (Fsp3) is 0.444. The highest BCUT2D eigenvalue weighted by Crippen LogP contribution is 2.19. The van der Waals surface area contributed by atoms with E-state index in [0.717, 1.165) is 6.54 Å². The van der Waals surface area contributed by atoms with Gasteiger partial charge in [-0.3, -0.25) is 4.90 Å². The van der Waals surface area contributed by atoms with Gasteiger partial charge in [-0.2, -0.15) is 0 Å². The smallest absolute Gasteiger partial charge is 0.337 e. The lowest BCUT2D eigenvalue weighted by atomic mass is 10.00. The lowest BCUT2D eigenvalue weighted by Crippen LogP contribution is -2.52. The van der Waals surface area contributed by atoms with Crippen LogP contribution >= 0.6 is 11.3 Å². The monoisotopic (exact) mass is 363 g/mol. The minimum absolute atomic E-state index is 0.287. The molecular weight excluding hydrogens is 338 g/mol. The van der Waals surface area contributed by atoms with Crippen LogP contribution in [0.25, 0.3) is 0 Å². The van der Waals surface area contributed by atoms with Gasteiger partial charge >= 0.3 is 12.0 Å². The van der Waals surface area contributed by atoms with E-state index in [1.165, 1.54) is 4.88 Å². The molecule has 0 spiro atoms. The summed E-state index contributed by atoms with van der Waals surface area (Å²) in [5.74, 6) is -0.383. The molecule has 6 nitrogen and oxygen atoms in total. The van der Waals surface area contributed by atoms with Crippen molar-refractivity contribution < 1.29 is 14.3 Å². The van der Waals surface area contributed by atoms with Crippen molar-refractivity contribution in [3.8, 4) is 0 Å². The molecule has 2 heterocycles. The maximum absolute atomic E-state index is 12.4. The Morgan fingerprint density at radius 1 is 1.44 bits per heavy atom. The number of hydrogen-bond donors (Lipinski definition) is 2. The van der Waals surface area contributed by atoms with Crippen molar-refractivity contribution in [1.29, 1.82) is 0 Å². The van der Waals surface area contributed by atoms with Gasteiger partial charge in [-0.1, -0.05) is 19.1 Å². The predicted octanol–water partition coefficient (Wildman–Crippen LogP) is 2.64. The zero-order valence-electron chi connectivity index (χ0n) is 14.7. The number of rotatable bonds is 9. The van der Waals surface area contributed by atoms with E-state index in [2.05, 4.69) is 28.2 Å². The Morgan fingerprint density at radius 2 is 2.24 bits per heavy atom. The maximum Gasteiger partial charge on any atom is 0.337 e. The predicted molar refractivity (Wildman–Crippen MR) is 99.2 cm³/mol. The Morgan fingerprint density at radius 3 is 2.84 bits per heavy atom. The van der Waals surface area contributed by atoms with E-state index in [0.29, 0.717) is 37.4 Å². The summed E-state index contributed by atoms with van der Waals surface area (Å²) < 4.78 is 5.20. The lowest BCUT2D eigenvalue weighted by molar-refractivity contribution is -0.139. The van der Waals surface area contributed by atoms with Crippen LogP contribution in [0.2, 0.25) is 0 Å². The molecule has 0 fully saturated rings. The Kier molecular flexibility index (Phi) is 7.21. The first kappa shape index (κ1) is 19.2. The number of amides is 2. The number of carbonyl (C=O) groups excluding carboxylic acids is 2. The van der Waals surface area contributed by atoms with Gasteiger partial charge < -0.3 is 15.4 Å². The fourth-order valence-electron chi connectivity index (χ4n) is 2.80. The molecule has 2 N–H and O–H groups in total. The van der Waals surface area contributed by atoms with Gasteiger partial charge in [0.15, 0.2) is 0 Å². The second kappa shape index (κ2) is 9.39. The van der Waals surface area contributed by atoms with Crippen molar-refractivity contribution in [2.24, 2.45) is 0 Å². The van der Waals surface area contributed by atoms with Gasteiger partial charge in [0.2, 0.25) is 0 Å². The highest BCUT2D eigenvalue weighted by atomic mass is 32.1. The molecule has 0 saturated heterocycles. The molecule has 1 aliphatic heterocycles. The van der Waals surface area contributed by atoms with Crippen molar-refractivity contribution in [2.45, 2.75) is 32.9 Å². The lowest BCUT2D eigenvalue weighted by Gasteiger charge is -2.31. The number of hydrogen-bond acceptors (Lipinski definition) is 5. The normalized spacial score (nSPS) is 17.2. The van der Waals surface area contributed by atoms with Crippen LogP contribution in [0.5, 0.6) is 0 Å². The molecule has 0 saturated carbocycles. The highest BCUT2D eigenvalue weighted by Gasteiger charge is 2.32. The first-order valence-electron chi connectivity index (χ1n) is 8.42. The molecular formula is C18H25N3O3S. The van der Waals surface area contributed by atoms with Gasteiger partial charge in [0.05, 0.1) is 18.2 Å². The van der Waals surface area contributed by atoms with Gasteiger partial charge in [0.1, 0.15) is 0 Å². The molecule has 1 aromatic rings. The molecule has 7 heteroatoms. The molecule has 0 aliphatic carbocycles. The summed E-state index contributed by atoms with van der Waals surface area (Å²) in [5.41, 5.74) is 1.11. The summed E-state index contributed by atoms with van der Waals surface area (Å²) in [6, 6.07) is 3.45. The highest BCUT2D eigenvalue weighted by molar-refractivity contribution is 7.09. The molecule has 1 aromatic heterocycles. The molecule has 2 rings (SSSR count). The summed E-state index contributed by atoms with van der Waals surface area (Å²) in [6.45, 7) is 9.63. The minimum atomic E-state index is -0.383. The number of ether oxygens (including phenoxy) is 1. The number of esters is 1. The van der Waals surface area contributed by atoms with Crippen LogP contribution in [-0.4, -0.2) is 42.6 Å². The first-order chi connectivity index (χ1) is 12.1. The quantitative estimate of drug-likeness (QED) is 0.523. The summed E-state index contributed by atoms with van der Waals surface area (Å²) >= 11 is 1.68. The van der Waals surface area contributed by atoms with Crippen LogP contribution in [-0.2, 0) is 16.1 Å². The van der Waals surface area contributed by atoms with Crippen molar-refractivity contribution in [2.75, 3.05) is 19.7 Å². The third kappa shape index (κ3) is 5.17. The summed E-state index contributed by atoms with van der Waals surface area (Å²) in [7, 11) is 0. The van der Waals surface area contributed by atoms with Crippen LogP contribution in [0.1, 0.15) is 25.1 Å². The maximum atomic E-state index is 12.4. The molecule has 1 aliphatic rings. The molecule has 0 unspecified atom stereocenters. The number of nitrogens with zero attached hydrogens (tertiary/aromatic N) is 1. The fourth-order valence-corrected chi connectivity index (χ4v) is 3.55. The van der Waals surface area contributed by atoms with Crippen molar-refractivity contribution in [3.63, 3.8) is 0 Å². The molecule has 0 radical (unpaired) electrons. The number of nitrogens with one attached hydrogen (secondary N) is 2. The van der Waals surface area contributed by atoms with Gasteiger partial charge in [0.25, 0.3) is 0 Å². The average molecular weight is 363 g/mol. The van der Waals surface area contributed by atoms with Crippen LogP contribution in [0, 0.1) is 0 Å². The zero-order chi connectivity index (χ0) is 18.2. The van der Waals surface area contributed by atoms with E-state index in [9.17, 15) is 9.59 Å². The molecule has 0 bridgehead atoms. The van der Waals surface area contributed by atoms with E-state index in [4.69, 9.17) is 4.74 Å². The Labute approximate surface area is 152 Å². The SMILES string of the molecule is C=CCN(CC1=C(C(=O)OCC)[C@H](CC)NC(=O)N1)Cc1cccs1. The third-order valence-corrected chi connectivity index (χ3v) is 4.74. The molecule has 25 heavy (non-hydrogen) atoms. The largest absolute Gasteiger partial charge is 0.463 e. The number of thiophene rings is 1. The van der Waals surface area contributed by atoms with Gasteiger partial charge in [-0.15, -0.1) is 17.9 Å². The van der Waals surface area contributed by atoms with E-state index in [-0.39, 0.29) is 18.0 Å². The van der Waals surface area contributed by atoms with Gasteiger partial charge in [-0.05, 0) is 24.8 Å². The molecule has 136 valence electrons. The van der Waals surface area contributed by atoms with Crippen molar-refractivity contribution in [3.05, 3.63) is 46.3 Å². The summed E-state index contributed by atoms with van der Waals surface area (Å²) in [4.78, 5) is 27.8. The standard InChI is InChI=1S/C18H25N3O3S/c1-4-9-21(11-13-8-7-10-25-13)12-15-16(17(22)24-6-3)14(5-2)19-18(23)20-15/h4,7-8,10,14H,1,5-6,9,11-12H2,2-3H3,(H2,19,20,23)/t14-/m0/s1. The first-order valence-corrected chi connectivity index (χ1v) is 9.30. The van der Waals surface area contributed by atoms with Crippen LogP contribution in [0.3, 0.4) is 0 Å². The summed E-state index contributed by atoms with van der Waals surface area (Å²) in [6.07, 6.45) is 2.44. The Bertz CT molecular complexity index is 640. The van der Waals surface area contributed by atoms with E-state index in [1.54, 1.807) is 18.3 Å². The number of carbonyl (C=O) groups is 2. The molecule has 0 aromatic carbocycles. The van der Waals surface area contributed by atoms with Gasteiger partial charge in [-0.25, -0.2) is 9.59 Å². The van der Waals surface area contributed by atoms with Gasteiger partial charge in [0, 0.05) is 30.2 Å². The average Bonchev–Trinajstić information content (AvgIpc) is 3.07.